The maximum Gasteiger partial charge on any atom is 0.254 e. The molecule has 0 saturated carbocycles. The van der Waals surface area contributed by atoms with E-state index in [0.717, 1.165) is 17.5 Å². The second-order valence-corrected chi connectivity index (χ2v) is 7.14. The lowest BCUT2D eigenvalue weighted by atomic mass is 10.00. The summed E-state index contributed by atoms with van der Waals surface area (Å²) in [6.07, 6.45) is 0.849. The molecule has 0 radical (unpaired) electrons. The number of aryl methyl sites for hydroxylation is 1. The average Bonchev–Trinajstić information content (AvgIpc) is 2.37. The van der Waals surface area contributed by atoms with E-state index >= 15 is 0 Å². The Hall–Kier alpha value is -1.16. The van der Waals surface area contributed by atoms with E-state index in [-0.39, 0.29) is 11.4 Å². The minimum absolute atomic E-state index is 0.0687. The van der Waals surface area contributed by atoms with Crippen LogP contribution in [0, 0.1) is 0 Å². The summed E-state index contributed by atoms with van der Waals surface area (Å²) in [4.78, 5) is 14.6. The first-order valence-electron chi connectivity index (χ1n) is 6.70. The number of benzene rings is 1. The lowest BCUT2D eigenvalue weighted by Crippen LogP contribution is -2.56. The van der Waals surface area contributed by atoms with Crippen molar-refractivity contribution < 1.29 is 9.00 Å². The Labute approximate surface area is 117 Å². The zero-order valence-electron chi connectivity index (χ0n) is 11.8. The van der Waals surface area contributed by atoms with Crippen LogP contribution in [0.15, 0.2) is 24.3 Å². The van der Waals surface area contributed by atoms with E-state index in [1.807, 2.05) is 43.0 Å². The molecule has 3 nitrogen and oxygen atoms in total. The highest BCUT2D eigenvalue weighted by atomic mass is 32.2. The van der Waals surface area contributed by atoms with E-state index < -0.39 is 10.8 Å². The second kappa shape index (κ2) is 5.45. The number of carbonyl (C=O) groups excluding carboxylic acids is 1. The van der Waals surface area contributed by atoms with Crippen molar-refractivity contribution in [2.24, 2.45) is 0 Å². The quantitative estimate of drug-likeness (QED) is 0.832. The lowest BCUT2D eigenvalue weighted by molar-refractivity contribution is 0.0593. The van der Waals surface area contributed by atoms with Crippen molar-refractivity contribution in [1.82, 2.24) is 4.90 Å². The third-order valence-electron chi connectivity index (χ3n) is 3.66. The molecule has 1 fully saturated rings. The first-order valence-corrected chi connectivity index (χ1v) is 8.19. The van der Waals surface area contributed by atoms with Crippen molar-refractivity contribution in [2.75, 3.05) is 18.1 Å². The molecule has 104 valence electrons. The number of nitrogens with zero attached hydrogens (tertiary/aromatic N) is 1. The standard InChI is InChI=1S/C15H21NO2S/c1-4-12-7-5-6-8-13(12)14(17)16-9-10-19(18)11-15(16,2)3/h5-8H,4,9-11H2,1-3H3. The Kier molecular flexibility index (Phi) is 4.09. The molecule has 1 aliphatic heterocycles. The minimum Gasteiger partial charge on any atom is -0.332 e. The monoisotopic (exact) mass is 279 g/mol. The number of carbonyl (C=O) groups is 1. The molecule has 1 aromatic rings. The third kappa shape index (κ3) is 2.89. The van der Waals surface area contributed by atoms with Crippen LogP contribution in [0.3, 0.4) is 0 Å². The fourth-order valence-corrected chi connectivity index (χ4v) is 4.07. The fraction of sp³-hybridized carbons (Fsp3) is 0.533. The summed E-state index contributed by atoms with van der Waals surface area (Å²) in [6, 6.07) is 7.76. The number of amides is 1. The summed E-state index contributed by atoms with van der Waals surface area (Å²) in [5, 5.41) is 0. The molecular weight excluding hydrogens is 258 g/mol. The van der Waals surface area contributed by atoms with Crippen molar-refractivity contribution in [2.45, 2.75) is 32.7 Å². The van der Waals surface area contributed by atoms with E-state index in [2.05, 4.69) is 6.92 Å². The van der Waals surface area contributed by atoms with Crippen LogP contribution < -0.4 is 0 Å². The van der Waals surface area contributed by atoms with Gasteiger partial charge in [0.15, 0.2) is 0 Å². The topological polar surface area (TPSA) is 37.4 Å². The van der Waals surface area contributed by atoms with Gasteiger partial charge < -0.3 is 4.90 Å². The summed E-state index contributed by atoms with van der Waals surface area (Å²) < 4.78 is 11.7. The summed E-state index contributed by atoms with van der Waals surface area (Å²) in [5.74, 6) is 1.22. The number of hydrogen-bond donors (Lipinski definition) is 0. The Bertz CT molecular complexity index is 511. The van der Waals surface area contributed by atoms with Crippen LogP contribution in [-0.4, -0.2) is 38.6 Å². The van der Waals surface area contributed by atoms with E-state index in [9.17, 15) is 9.00 Å². The predicted octanol–water partition coefficient (Wildman–Crippen LogP) is 2.23. The zero-order valence-corrected chi connectivity index (χ0v) is 12.6. The maximum absolute atomic E-state index is 12.7. The molecule has 1 atom stereocenters. The molecule has 1 saturated heterocycles. The molecule has 19 heavy (non-hydrogen) atoms. The molecule has 1 unspecified atom stereocenters. The summed E-state index contributed by atoms with van der Waals surface area (Å²) >= 11 is 0. The molecule has 4 heteroatoms. The smallest absolute Gasteiger partial charge is 0.254 e. The van der Waals surface area contributed by atoms with Gasteiger partial charge in [-0.25, -0.2) is 0 Å². The van der Waals surface area contributed by atoms with Crippen LogP contribution in [0.4, 0.5) is 0 Å². The van der Waals surface area contributed by atoms with Crippen LogP contribution >= 0.6 is 0 Å². The van der Waals surface area contributed by atoms with Crippen LogP contribution in [0.2, 0.25) is 0 Å². The van der Waals surface area contributed by atoms with E-state index in [0.29, 0.717) is 18.1 Å². The minimum atomic E-state index is -0.804. The Balaban J connectivity index is 2.31. The molecular formula is C15H21NO2S. The van der Waals surface area contributed by atoms with Crippen molar-refractivity contribution >= 4 is 16.7 Å². The molecule has 2 rings (SSSR count). The maximum atomic E-state index is 12.7. The Morgan fingerprint density at radius 3 is 2.68 bits per heavy atom. The largest absolute Gasteiger partial charge is 0.332 e. The highest BCUT2D eigenvalue weighted by molar-refractivity contribution is 7.85. The van der Waals surface area contributed by atoms with Crippen LogP contribution in [0.25, 0.3) is 0 Å². The van der Waals surface area contributed by atoms with Gasteiger partial charge in [0, 0.05) is 40.0 Å². The lowest BCUT2D eigenvalue weighted by Gasteiger charge is -2.42. The predicted molar refractivity (Wildman–Crippen MR) is 78.8 cm³/mol. The third-order valence-corrected chi connectivity index (χ3v) is 5.33. The van der Waals surface area contributed by atoms with Gasteiger partial charge >= 0.3 is 0 Å². The number of hydrogen-bond acceptors (Lipinski definition) is 2. The van der Waals surface area contributed by atoms with Gasteiger partial charge in [0.1, 0.15) is 0 Å². The average molecular weight is 279 g/mol. The van der Waals surface area contributed by atoms with Gasteiger partial charge in [-0.3, -0.25) is 9.00 Å². The van der Waals surface area contributed by atoms with Gasteiger partial charge in [0.25, 0.3) is 5.91 Å². The SMILES string of the molecule is CCc1ccccc1C(=O)N1CCS(=O)CC1(C)C. The highest BCUT2D eigenvalue weighted by Gasteiger charge is 2.37. The van der Waals surface area contributed by atoms with E-state index in [4.69, 9.17) is 0 Å². The van der Waals surface area contributed by atoms with Crippen molar-refractivity contribution in [3.05, 3.63) is 35.4 Å². The van der Waals surface area contributed by atoms with Gasteiger partial charge in [0.05, 0.1) is 0 Å². The molecule has 0 spiro atoms. The van der Waals surface area contributed by atoms with Gasteiger partial charge in [-0.2, -0.15) is 0 Å². The molecule has 0 aliphatic carbocycles. The first-order chi connectivity index (χ1) is 8.95. The highest BCUT2D eigenvalue weighted by Crippen LogP contribution is 2.24. The zero-order chi connectivity index (χ0) is 14.0. The van der Waals surface area contributed by atoms with Crippen LogP contribution in [-0.2, 0) is 17.2 Å². The van der Waals surface area contributed by atoms with Gasteiger partial charge in [-0.15, -0.1) is 0 Å². The van der Waals surface area contributed by atoms with Gasteiger partial charge in [-0.05, 0) is 31.9 Å². The summed E-state index contributed by atoms with van der Waals surface area (Å²) in [6.45, 7) is 6.63. The summed E-state index contributed by atoms with van der Waals surface area (Å²) in [7, 11) is -0.804. The Morgan fingerprint density at radius 1 is 1.37 bits per heavy atom. The molecule has 0 aromatic heterocycles. The van der Waals surface area contributed by atoms with Crippen molar-refractivity contribution in [1.29, 1.82) is 0 Å². The fourth-order valence-electron chi connectivity index (χ4n) is 2.60. The first kappa shape index (κ1) is 14.3. The van der Waals surface area contributed by atoms with Crippen LogP contribution in [0.1, 0.15) is 36.7 Å². The molecule has 1 amide bonds. The molecule has 1 aromatic carbocycles. The molecule has 0 N–H and O–H groups in total. The molecule has 1 aliphatic rings. The van der Waals surface area contributed by atoms with Crippen molar-refractivity contribution in [3.63, 3.8) is 0 Å². The van der Waals surface area contributed by atoms with Gasteiger partial charge in [-0.1, -0.05) is 25.1 Å². The van der Waals surface area contributed by atoms with Gasteiger partial charge in [0.2, 0.25) is 0 Å². The molecule has 0 bridgehead atoms. The van der Waals surface area contributed by atoms with E-state index in [1.54, 1.807) is 0 Å². The Morgan fingerprint density at radius 2 is 2.05 bits per heavy atom. The van der Waals surface area contributed by atoms with E-state index in [1.165, 1.54) is 0 Å². The second-order valence-electron chi connectivity index (χ2n) is 5.57. The van der Waals surface area contributed by atoms with Crippen molar-refractivity contribution in [3.8, 4) is 0 Å². The number of rotatable bonds is 2. The van der Waals surface area contributed by atoms with Crippen LogP contribution in [0.5, 0.6) is 0 Å². The normalized spacial score (nSPS) is 22.3. The molecule has 1 heterocycles. The summed E-state index contributed by atoms with van der Waals surface area (Å²) in [5.41, 5.74) is 1.53.